The van der Waals surface area contributed by atoms with Gasteiger partial charge in [-0.1, -0.05) is 5.21 Å². The zero-order valence-electron chi connectivity index (χ0n) is 10.2. The molecule has 2 aromatic heterocycles. The van der Waals surface area contributed by atoms with Crippen LogP contribution in [0.25, 0.3) is 0 Å². The minimum absolute atomic E-state index is 0.142. The van der Waals surface area contributed by atoms with Crippen LogP contribution in [-0.4, -0.2) is 34.6 Å². The van der Waals surface area contributed by atoms with Gasteiger partial charge in [0.05, 0.1) is 6.20 Å². The quantitative estimate of drug-likeness (QED) is 0.876. The van der Waals surface area contributed by atoms with Crippen LogP contribution in [0.4, 0.5) is 0 Å². The van der Waals surface area contributed by atoms with Crippen molar-refractivity contribution in [3.63, 3.8) is 0 Å². The number of hydrogen-bond acceptors (Lipinski definition) is 5. The number of ether oxygens (including phenoxy) is 1. The van der Waals surface area contributed by atoms with E-state index >= 15 is 0 Å². The fourth-order valence-corrected chi connectivity index (χ4v) is 2.22. The normalized spacial score (nSPS) is 12.3. The van der Waals surface area contributed by atoms with Gasteiger partial charge in [0.25, 0.3) is 5.91 Å². The number of carbonyl (C=O) groups excluding carboxylic acids is 1. The number of carbonyl (C=O) groups is 1. The van der Waals surface area contributed by atoms with Gasteiger partial charge in [0.2, 0.25) is 0 Å². The molecule has 2 heterocycles. The second kappa shape index (κ2) is 5.74. The third kappa shape index (κ3) is 2.93. The van der Waals surface area contributed by atoms with E-state index < -0.39 is 0 Å². The maximum absolute atomic E-state index is 11.8. The lowest BCUT2D eigenvalue weighted by Crippen LogP contribution is -2.29. The summed E-state index contributed by atoms with van der Waals surface area (Å²) in [7, 11) is 3.34. The number of aryl methyl sites for hydroxylation is 1. The Morgan fingerprint density at radius 2 is 2.50 bits per heavy atom. The predicted octanol–water partition coefficient (Wildman–Crippen LogP) is 0.994. The zero-order valence-corrected chi connectivity index (χ0v) is 11.0. The fraction of sp³-hybridized carbons (Fsp3) is 0.364. The third-order valence-electron chi connectivity index (χ3n) is 2.48. The molecule has 0 aliphatic rings. The summed E-state index contributed by atoms with van der Waals surface area (Å²) in [6, 6.07) is 1.98. The Morgan fingerprint density at radius 1 is 1.67 bits per heavy atom. The lowest BCUT2D eigenvalue weighted by Gasteiger charge is -2.14. The number of rotatable bonds is 5. The molecule has 0 fully saturated rings. The molecule has 0 bridgehead atoms. The summed E-state index contributed by atoms with van der Waals surface area (Å²) < 4.78 is 6.82. The van der Waals surface area contributed by atoms with E-state index in [0.717, 1.165) is 5.56 Å². The molecule has 2 rings (SSSR count). The summed E-state index contributed by atoms with van der Waals surface area (Å²) in [4.78, 5) is 11.8. The Bertz CT molecular complexity index is 509. The standard InChI is InChI=1S/C11H14N4O2S/c1-15-6-9(13-14-15)11(16)12-5-10(17-2)8-3-4-18-7-8/h3-4,6-7,10H,5H2,1-2H3,(H,12,16)/t10-/m0/s1. The molecule has 1 amide bonds. The molecule has 7 heteroatoms. The van der Waals surface area contributed by atoms with E-state index in [4.69, 9.17) is 4.74 Å². The van der Waals surface area contributed by atoms with Gasteiger partial charge in [-0.15, -0.1) is 5.10 Å². The van der Waals surface area contributed by atoms with Crippen LogP contribution in [-0.2, 0) is 11.8 Å². The number of nitrogens with one attached hydrogen (secondary N) is 1. The van der Waals surface area contributed by atoms with Gasteiger partial charge in [-0.2, -0.15) is 11.3 Å². The van der Waals surface area contributed by atoms with Crippen LogP contribution in [0.15, 0.2) is 23.0 Å². The highest BCUT2D eigenvalue weighted by molar-refractivity contribution is 7.07. The molecule has 0 saturated heterocycles. The second-order valence-electron chi connectivity index (χ2n) is 3.77. The van der Waals surface area contributed by atoms with Gasteiger partial charge in [-0.3, -0.25) is 9.48 Å². The number of nitrogens with zero attached hydrogens (tertiary/aromatic N) is 3. The van der Waals surface area contributed by atoms with Crippen molar-refractivity contribution >= 4 is 17.2 Å². The first-order chi connectivity index (χ1) is 8.70. The van der Waals surface area contributed by atoms with Crippen molar-refractivity contribution in [3.05, 3.63) is 34.3 Å². The molecule has 18 heavy (non-hydrogen) atoms. The van der Waals surface area contributed by atoms with E-state index in [1.165, 1.54) is 4.68 Å². The second-order valence-corrected chi connectivity index (χ2v) is 4.55. The highest BCUT2D eigenvalue weighted by Gasteiger charge is 2.14. The van der Waals surface area contributed by atoms with E-state index in [1.807, 2.05) is 16.8 Å². The largest absolute Gasteiger partial charge is 0.375 e. The molecule has 0 aliphatic heterocycles. The average Bonchev–Trinajstić information content (AvgIpc) is 3.01. The lowest BCUT2D eigenvalue weighted by atomic mass is 10.2. The molecule has 0 radical (unpaired) electrons. The van der Waals surface area contributed by atoms with Gasteiger partial charge in [0.15, 0.2) is 5.69 Å². The van der Waals surface area contributed by atoms with Crippen molar-refractivity contribution in [2.24, 2.45) is 7.05 Å². The number of aromatic nitrogens is 3. The monoisotopic (exact) mass is 266 g/mol. The number of thiophene rings is 1. The predicted molar refractivity (Wildman–Crippen MR) is 67.4 cm³/mol. The minimum atomic E-state index is -0.250. The Labute approximate surface area is 109 Å². The molecule has 0 aromatic carbocycles. The molecule has 0 saturated carbocycles. The zero-order chi connectivity index (χ0) is 13.0. The van der Waals surface area contributed by atoms with Crippen molar-refractivity contribution in [2.75, 3.05) is 13.7 Å². The van der Waals surface area contributed by atoms with E-state index in [2.05, 4.69) is 15.6 Å². The van der Waals surface area contributed by atoms with Crippen LogP contribution in [0.1, 0.15) is 22.2 Å². The molecule has 0 spiro atoms. The number of hydrogen-bond donors (Lipinski definition) is 1. The number of amides is 1. The van der Waals surface area contributed by atoms with Crippen molar-refractivity contribution < 1.29 is 9.53 Å². The first kappa shape index (κ1) is 12.7. The van der Waals surface area contributed by atoms with Gasteiger partial charge >= 0.3 is 0 Å². The van der Waals surface area contributed by atoms with Crippen LogP contribution in [0.2, 0.25) is 0 Å². The van der Waals surface area contributed by atoms with Crippen LogP contribution in [0, 0.1) is 0 Å². The van der Waals surface area contributed by atoms with Gasteiger partial charge in [0, 0.05) is 20.7 Å². The van der Waals surface area contributed by atoms with Gasteiger partial charge < -0.3 is 10.1 Å². The van der Waals surface area contributed by atoms with E-state index in [0.29, 0.717) is 12.2 Å². The summed E-state index contributed by atoms with van der Waals surface area (Å²) >= 11 is 1.60. The molecule has 0 aliphatic carbocycles. The molecular weight excluding hydrogens is 252 g/mol. The van der Waals surface area contributed by atoms with Crippen LogP contribution >= 0.6 is 11.3 Å². The Hall–Kier alpha value is -1.73. The lowest BCUT2D eigenvalue weighted by molar-refractivity contribution is 0.0825. The smallest absolute Gasteiger partial charge is 0.273 e. The Morgan fingerprint density at radius 3 is 3.06 bits per heavy atom. The van der Waals surface area contributed by atoms with E-state index in [1.54, 1.807) is 31.7 Å². The molecule has 1 N–H and O–H groups in total. The summed E-state index contributed by atoms with van der Waals surface area (Å²) in [6.07, 6.45) is 1.43. The van der Waals surface area contributed by atoms with Crippen molar-refractivity contribution in [2.45, 2.75) is 6.10 Å². The first-order valence-corrected chi connectivity index (χ1v) is 6.34. The average molecular weight is 266 g/mol. The summed E-state index contributed by atoms with van der Waals surface area (Å²) in [5, 5.41) is 14.2. The van der Waals surface area contributed by atoms with Crippen molar-refractivity contribution in [3.8, 4) is 0 Å². The Kier molecular flexibility index (Phi) is 4.06. The molecule has 1 atom stereocenters. The van der Waals surface area contributed by atoms with E-state index in [9.17, 15) is 4.79 Å². The summed E-state index contributed by atoms with van der Waals surface area (Å²) in [5.74, 6) is -0.250. The summed E-state index contributed by atoms with van der Waals surface area (Å²) in [6.45, 7) is 0.405. The third-order valence-corrected chi connectivity index (χ3v) is 3.18. The Balaban J connectivity index is 1.92. The molecule has 96 valence electrons. The molecular formula is C11H14N4O2S. The first-order valence-electron chi connectivity index (χ1n) is 5.40. The fourth-order valence-electron chi connectivity index (χ4n) is 1.52. The SMILES string of the molecule is CO[C@@H](CNC(=O)c1cn(C)nn1)c1ccsc1. The maximum atomic E-state index is 11.8. The van der Waals surface area contributed by atoms with Crippen LogP contribution in [0.3, 0.4) is 0 Å². The highest BCUT2D eigenvalue weighted by Crippen LogP contribution is 2.18. The molecule has 6 nitrogen and oxygen atoms in total. The van der Waals surface area contributed by atoms with Crippen LogP contribution < -0.4 is 5.32 Å². The maximum Gasteiger partial charge on any atom is 0.273 e. The summed E-state index contributed by atoms with van der Waals surface area (Å²) in [5.41, 5.74) is 1.36. The van der Waals surface area contributed by atoms with Crippen LogP contribution in [0.5, 0.6) is 0 Å². The van der Waals surface area contributed by atoms with E-state index in [-0.39, 0.29) is 12.0 Å². The highest BCUT2D eigenvalue weighted by atomic mass is 32.1. The minimum Gasteiger partial charge on any atom is -0.375 e. The van der Waals surface area contributed by atoms with Crippen molar-refractivity contribution in [1.29, 1.82) is 0 Å². The topological polar surface area (TPSA) is 69.0 Å². The van der Waals surface area contributed by atoms with Gasteiger partial charge in [-0.25, -0.2) is 0 Å². The molecule has 2 aromatic rings. The van der Waals surface area contributed by atoms with Crippen molar-refractivity contribution in [1.82, 2.24) is 20.3 Å². The van der Waals surface area contributed by atoms with Gasteiger partial charge in [-0.05, 0) is 22.4 Å². The molecule has 0 unspecified atom stereocenters. The number of methoxy groups -OCH3 is 1. The van der Waals surface area contributed by atoms with Gasteiger partial charge in [0.1, 0.15) is 6.10 Å².